The Morgan fingerprint density at radius 2 is 0.833 bits per heavy atom. The SMILES string of the molecule is O=C(OC[C@H]1O[C@H](CC2CCCCC2)[C@H](OC(=O)c2ccc(Br)cc2)[C@@H](OC(=O)c2ccc(Br)cc2)[C@@H]1OC(=O)c1ccc(Br)cc1)c1ccc(Br)cc1. The van der Waals surface area contributed by atoms with Crippen LogP contribution >= 0.6 is 63.7 Å². The molecule has 9 nitrogen and oxygen atoms in total. The van der Waals surface area contributed by atoms with Crippen molar-refractivity contribution in [2.45, 2.75) is 69.0 Å². The Labute approximate surface area is 346 Å². The van der Waals surface area contributed by atoms with Crippen LogP contribution in [0.1, 0.15) is 80.0 Å². The smallest absolute Gasteiger partial charge is 0.338 e. The van der Waals surface area contributed by atoms with Gasteiger partial charge in [0, 0.05) is 17.9 Å². The first kappa shape index (κ1) is 40.3. The summed E-state index contributed by atoms with van der Waals surface area (Å²) < 4.78 is 34.3. The van der Waals surface area contributed by atoms with Crippen molar-refractivity contribution in [2.75, 3.05) is 6.61 Å². The van der Waals surface area contributed by atoms with Gasteiger partial charge in [-0.1, -0.05) is 95.8 Å². The van der Waals surface area contributed by atoms with E-state index in [2.05, 4.69) is 63.7 Å². The molecule has 1 saturated heterocycles. The zero-order valence-electron chi connectivity index (χ0n) is 28.8. The summed E-state index contributed by atoms with van der Waals surface area (Å²) in [7, 11) is 0. The lowest BCUT2D eigenvalue weighted by atomic mass is 9.82. The van der Waals surface area contributed by atoms with Gasteiger partial charge in [0.25, 0.3) is 0 Å². The highest BCUT2D eigenvalue weighted by molar-refractivity contribution is 9.11. The van der Waals surface area contributed by atoms with Crippen LogP contribution in [0.3, 0.4) is 0 Å². The van der Waals surface area contributed by atoms with E-state index in [-0.39, 0.29) is 29.2 Å². The zero-order valence-corrected chi connectivity index (χ0v) is 35.2. The lowest BCUT2D eigenvalue weighted by Gasteiger charge is -2.45. The molecular weight excluding hydrogens is 956 g/mol. The number of ether oxygens (including phenoxy) is 5. The fraction of sp³-hybridized carbons (Fsp3) is 0.317. The van der Waals surface area contributed by atoms with Crippen LogP contribution in [0.4, 0.5) is 0 Å². The Kier molecular flexibility index (Phi) is 14.2. The van der Waals surface area contributed by atoms with E-state index < -0.39 is 54.4 Å². The average Bonchev–Trinajstić information content (AvgIpc) is 3.17. The molecule has 0 N–H and O–H groups in total. The first-order chi connectivity index (χ1) is 26.0. The lowest BCUT2D eigenvalue weighted by Crippen LogP contribution is -2.62. The number of rotatable bonds is 11. The molecule has 1 saturated carbocycles. The molecule has 5 atom stereocenters. The summed E-state index contributed by atoms with van der Waals surface area (Å²) in [4.78, 5) is 54.9. The molecule has 0 amide bonds. The van der Waals surface area contributed by atoms with Gasteiger partial charge in [-0.15, -0.1) is 0 Å². The normalized spacial score (nSPS) is 21.4. The predicted molar refractivity (Wildman–Crippen MR) is 214 cm³/mol. The number of carbonyl (C=O) groups is 4. The number of halogens is 4. The molecule has 4 aromatic rings. The second-order valence-corrected chi connectivity index (χ2v) is 16.9. The van der Waals surface area contributed by atoms with Crippen LogP contribution in [0.5, 0.6) is 0 Å². The summed E-state index contributed by atoms with van der Waals surface area (Å²) in [5, 5.41) is 0. The summed E-state index contributed by atoms with van der Waals surface area (Å²) in [6.07, 6.45) is -0.281. The Balaban J connectivity index is 1.40. The van der Waals surface area contributed by atoms with Gasteiger partial charge in [-0.3, -0.25) is 0 Å². The highest BCUT2D eigenvalue weighted by atomic mass is 79.9. The number of benzene rings is 4. The van der Waals surface area contributed by atoms with Crippen LogP contribution < -0.4 is 0 Å². The van der Waals surface area contributed by atoms with Crippen LogP contribution in [0.2, 0.25) is 0 Å². The molecule has 0 aromatic heterocycles. The van der Waals surface area contributed by atoms with Crippen molar-refractivity contribution in [2.24, 2.45) is 5.92 Å². The molecule has 4 aromatic carbocycles. The summed E-state index contributed by atoms with van der Waals surface area (Å²) in [5.74, 6) is -2.54. The molecular formula is C41H36Br4O9. The predicted octanol–water partition coefficient (Wildman–Crippen LogP) is 10.3. The van der Waals surface area contributed by atoms with Crippen LogP contribution in [-0.2, 0) is 23.7 Å². The maximum Gasteiger partial charge on any atom is 0.338 e. The highest BCUT2D eigenvalue weighted by Crippen LogP contribution is 2.37. The molecule has 0 radical (unpaired) electrons. The molecule has 0 unspecified atom stereocenters. The van der Waals surface area contributed by atoms with Gasteiger partial charge in [0.05, 0.1) is 28.4 Å². The average molecular weight is 992 g/mol. The van der Waals surface area contributed by atoms with E-state index in [1.807, 2.05) is 0 Å². The molecule has 2 fully saturated rings. The van der Waals surface area contributed by atoms with E-state index in [0.29, 0.717) is 12.0 Å². The van der Waals surface area contributed by atoms with Crippen molar-refractivity contribution in [3.63, 3.8) is 0 Å². The zero-order chi connectivity index (χ0) is 38.2. The lowest BCUT2D eigenvalue weighted by molar-refractivity contribution is -0.232. The summed E-state index contributed by atoms with van der Waals surface area (Å²) in [6.45, 7) is -0.353. The van der Waals surface area contributed by atoms with E-state index in [4.69, 9.17) is 23.7 Å². The van der Waals surface area contributed by atoms with E-state index in [9.17, 15) is 19.2 Å². The van der Waals surface area contributed by atoms with Crippen LogP contribution in [0, 0.1) is 5.92 Å². The Morgan fingerprint density at radius 3 is 1.24 bits per heavy atom. The second-order valence-electron chi connectivity index (χ2n) is 13.2. The van der Waals surface area contributed by atoms with Crippen molar-refractivity contribution in [3.8, 4) is 0 Å². The van der Waals surface area contributed by atoms with Gasteiger partial charge in [0.15, 0.2) is 18.3 Å². The third-order valence-electron chi connectivity index (χ3n) is 9.45. The fourth-order valence-electron chi connectivity index (χ4n) is 6.64. The van der Waals surface area contributed by atoms with Crippen LogP contribution in [0.25, 0.3) is 0 Å². The molecule has 2 aliphatic rings. The number of hydrogen-bond donors (Lipinski definition) is 0. The van der Waals surface area contributed by atoms with Gasteiger partial charge < -0.3 is 23.7 Å². The monoisotopic (exact) mass is 988 g/mol. The summed E-state index contributed by atoms with van der Waals surface area (Å²) in [6, 6.07) is 26.5. The van der Waals surface area contributed by atoms with Gasteiger partial charge in [-0.25, -0.2) is 19.2 Å². The van der Waals surface area contributed by atoms with Crippen LogP contribution in [-0.4, -0.2) is 61.0 Å². The molecule has 282 valence electrons. The van der Waals surface area contributed by atoms with Crippen molar-refractivity contribution in [1.29, 1.82) is 0 Å². The Morgan fingerprint density at radius 1 is 0.481 bits per heavy atom. The topological polar surface area (TPSA) is 114 Å². The number of carbonyl (C=O) groups excluding carboxylic acids is 4. The van der Waals surface area contributed by atoms with Gasteiger partial charge in [0.1, 0.15) is 12.7 Å². The molecule has 54 heavy (non-hydrogen) atoms. The molecule has 1 aliphatic carbocycles. The minimum absolute atomic E-state index is 0.217. The van der Waals surface area contributed by atoms with Crippen molar-refractivity contribution in [1.82, 2.24) is 0 Å². The van der Waals surface area contributed by atoms with Gasteiger partial charge in [-0.05, 0) is 109 Å². The summed E-state index contributed by atoms with van der Waals surface area (Å²) >= 11 is 13.6. The van der Waals surface area contributed by atoms with Crippen molar-refractivity contribution >= 4 is 87.6 Å². The first-order valence-corrected chi connectivity index (χ1v) is 20.7. The van der Waals surface area contributed by atoms with E-state index in [1.165, 1.54) is 0 Å². The molecule has 0 bridgehead atoms. The summed E-state index contributed by atoms with van der Waals surface area (Å²) in [5.41, 5.74) is 1.01. The number of esters is 4. The molecule has 13 heteroatoms. The first-order valence-electron chi connectivity index (χ1n) is 17.5. The van der Waals surface area contributed by atoms with Crippen molar-refractivity contribution < 1.29 is 42.9 Å². The van der Waals surface area contributed by atoms with Crippen molar-refractivity contribution in [3.05, 3.63) is 137 Å². The molecule has 0 spiro atoms. The Bertz CT molecular complexity index is 1910. The minimum atomic E-state index is -1.37. The third kappa shape index (κ3) is 10.7. The second kappa shape index (κ2) is 19.0. The number of hydrogen-bond acceptors (Lipinski definition) is 9. The standard InChI is InChI=1S/C41H36Br4O9/c42-29-14-6-25(7-15-29)38(46)50-23-34-36(53-40(48)27-10-18-31(44)19-11-27)37(54-41(49)28-12-20-32(45)21-13-28)35(33(51-34)22-24-4-2-1-3-5-24)52-39(47)26-8-16-30(43)17-9-26/h6-21,24,33-37H,1-5,22-23H2/t33-,34-,35+,36-,37-/m1/s1. The largest absolute Gasteiger partial charge is 0.459 e. The molecule has 6 rings (SSSR count). The van der Waals surface area contributed by atoms with E-state index in [0.717, 1.165) is 50.0 Å². The van der Waals surface area contributed by atoms with E-state index >= 15 is 0 Å². The van der Waals surface area contributed by atoms with Crippen LogP contribution in [0.15, 0.2) is 115 Å². The van der Waals surface area contributed by atoms with Gasteiger partial charge in [-0.2, -0.15) is 0 Å². The van der Waals surface area contributed by atoms with Gasteiger partial charge in [0.2, 0.25) is 0 Å². The van der Waals surface area contributed by atoms with E-state index in [1.54, 1.807) is 97.1 Å². The quantitative estimate of drug-likeness (QED) is 0.107. The highest BCUT2D eigenvalue weighted by Gasteiger charge is 2.53. The molecule has 1 aliphatic heterocycles. The molecule has 1 heterocycles. The minimum Gasteiger partial charge on any atom is -0.459 e. The van der Waals surface area contributed by atoms with Gasteiger partial charge >= 0.3 is 23.9 Å². The maximum absolute atomic E-state index is 13.9. The fourth-order valence-corrected chi connectivity index (χ4v) is 7.70. The maximum atomic E-state index is 13.9. The Hall–Kier alpha value is -3.36. The third-order valence-corrected chi connectivity index (χ3v) is 11.6.